The van der Waals surface area contributed by atoms with Gasteiger partial charge < -0.3 is 9.13 Å². The first-order valence-electron chi connectivity index (χ1n) is 18.7. The summed E-state index contributed by atoms with van der Waals surface area (Å²) in [6.45, 7) is 0. The molecule has 0 spiro atoms. The molecule has 8 aromatic carbocycles. The van der Waals surface area contributed by atoms with Gasteiger partial charge in [0.1, 0.15) is 0 Å². The van der Waals surface area contributed by atoms with E-state index in [0.717, 1.165) is 11.3 Å². The van der Waals surface area contributed by atoms with Gasteiger partial charge in [-0.05, 0) is 99.8 Å². The first-order chi connectivity index (χ1) is 27.3. The van der Waals surface area contributed by atoms with Crippen molar-refractivity contribution in [2.24, 2.45) is 0 Å². The Hall–Kier alpha value is -7.01. The number of pyridine rings is 1. The molecular formula is C51H31N3S. The molecule has 0 atom stereocenters. The SMILES string of the molecule is c1ccc(-n2c3ccccc3c3ccc(-c4ccc5c(c4)c4ccc6c7ccccc7sc6c4n5-c4cc(-c5ccncc5)c5ccccc5c4)cc32)cc1. The predicted octanol–water partition coefficient (Wildman–Crippen LogP) is 14.1. The molecule has 0 N–H and O–H groups in total. The fourth-order valence-corrected chi connectivity index (χ4v) is 10.2. The molecule has 0 aliphatic heterocycles. The minimum Gasteiger partial charge on any atom is -0.309 e. The van der Waals surface area contributed by atoms with Gasteiger partial charge in [0.2, 0.25) is 0 Å². The number of para-hydroxylation sites is 2. The van der Waals surface area contributed by atoms with Crippen molar-refractivity contribution in [3.05, 3.63) is 188 Å². The lowest BCUT2D eigenvalue weighted by molar-refractivity contribution is 1.18. The number of hydrogen-bond acceptors (Lipinski definition) is 2. The number of thiophene rings is 1. The molecule has 0 saturated heterocycles. The molecule has 0 fully saturated rings. The van der Waals surface area contributed by atoms with E-state index in [-0.39, 0.29) is 0 Å². The van der Waals surface area contributed by atoms with Crippen molar-refractivity contribution in [2.75, 3.05) is 0 Å². The third-order valence-electron chi connectivity index (χ3n) is 11.4. The lowest BCUT2D eigenvalue weighted by atomic mass is 9.98. The van der Waals surface area contributed by atoms with Gasteiger partial charge in [-0.15, -0.1) is 11.3 Å². The molecule has 4 aromatic heterocycles. The molecule has 0 unspecified atom stereocenters. The Morgan fingerprint density at radius 1 is 0.382 bits per heavy atom. The number of aromatic nitrogens is 3. The van der Waals surface area contributed by atoms with E-state index in [0.29, 0.717) is 0 Å². The normalized spacial score (nSPS) is 12.0. The quantitative estimate of drug-likeness (QED) is 0.178. The van der Waals surface area contributed by atoms with Gasteiger partial charge in [0, 0.05) is 60.8 Å². The number of fused-ring (bicyclic) bond motifs is 11. The number of benzene rings is 8. The molecule has 0 aliphatic rings. The summed E-state index contributed by atoms with van der Waals surface area (Å²) >= 11 is 1.89. The highest BCUT2D eigenvalue weighted by Crippen LogP contribution is 2.45. The molecule has 4 heterocycles. The minimum absolute atomic E-state index is 1.15. The summed E-state index contributed by atoms with van der Waals surface area (Å²) in [5.74, 6) is 0. The zero-order chi connectivity index (χ0) is 36.0. The van der Waals surface area contributed by atoms with Gasteiger partial charge >= 0.3 is 0 Å². The average Bonchev–Trinajstić information content (AvgIpc) is 3.91. The van der Waals surface area contributed by atoms with Crippen LogP contribution in [0.5, 0.6) is 0 Å². The summed E-state index contributed by atoms with van der Waals surface area (Å²) in [6, 6.07) is 64.6. The van der Waals surface area contributed by atoms with Crippen LogP contribution < -0.4 is 0 Å². The first kappa shape index (κ1) is 30.5. The van der Waals surface area contributed by atoms with E-state index in [2.05, 4.69) is 190 Å². The Labute approximate surface area is 320 Å². The molecule has 0 bridgehead atoms. The van der Waals surface area contributed by atoms with Crippen LogP contribution >= 0.6 is 11.3 Å². The summed E-state index contributed by atoms with van der Waals surface area (Å²) in [7, 11) is 0. The van der Waals surface area contributed by atoms with Gasteiger partial charge in [0.15, 0.2) is 0 Å². The lowest BCUT2D eigenvalue weighted by Crippen LogP contribution is -1.96. The summed E-state index contributed by atoms with van der Waals surface area (Å²) in [5.41, 5.74) is 11.9. The van der Waals surface area contributed by atoms with Gasteiger partial charge in [0.25, 0.3) is 0 Å². The number of rotatable bonds is 4. The van der Waals surface area contributed by atoms with Crippen molar-refractivity contribution < 1.29 is 0 Å². The van der Waals surface area contributed by atoms with Crippen LogP contribution in [-0.2, 0) is 0 Å². The van der Waals surface area contributed by atoms with Crippen molar-refractivity contribution in [1.29, 1.82) is 0 Å². The Morgan fingerprint density at radius 3 is 1.95 bits per heavy atom. The monoisotopic (exact) mass is 717 g/mol. The summed E-state index contributed by atoms with van der Waals surface area (Å²) in [5, 5.41) is 10.1. The van der Waals surface area contributed by atoms with E-state index in [9.17, 15) is 0 Å². The van der Waals surface area contributed by atoms with Crippen LogP contribution in [-0.4, -0.2) is 14.1 Å². The van der Waals surface area contributed by atoms with Crippen molar-refractivity contribution >= 4 is 85.9 Å². The van der Waals surface area contributed by atoms with E-state index in [4.69, 9.17) is 0 Å². The van der Waals surface area contributed by atoms with Crippen LogP contribution in [0.15, 0.2) is 188 Å². The minimum atomic E-state index is 1.15. The topological polar surface area (TPSA) is 22.8 Å². The molecule has 0 radical (unpaired) electrons. The average molecular weight is 718 g/mol. The third kappa shape index (κ3) is 4.52. The molecule has 12 aromatic rings. The van der Waals surface area contributed by atoms with E-state index in [1.54, 1.807) is 0 Å². The van der Waals surface area contributed by atoms with Gasteiger partial charge in [-0.3, -0.25) is 4.98 Å². The highest BCUT2D eigenvalue weighted by atomic mass is 32.1. The molecular weight excluding hydrogens is 687 g/mol. The van der Waals surface area contributed by atoms with Crippen molar-refractivity contribution in [1.82, 2.24) is 14.1 Å². The van der Waals surface area contributed by atoms with Crippen LogP contribution in [0.2, 0.25) is 0 Å². The zero-order valence-corrected chi connectivity index (χ0v) is 30.5. The second-order valence-corrected chi connectivity index (χ2v) is 15.4. The molecule has 12 rings (SSSR count). The Kier molecular flexibility index (Phi) is 6.50. The summed E-state index contributed by atoms with van der Waals surface area (Å²) < 4.78 is 7.53. The maximum absolute atomic E-state index is 4.34. The van der Waals surface area contributed by atoms with Gasteiger partial charge in [0.05, 0.1) is 26.8 Å². The van der Waals surface area contributed by atoms with Crippen LogP contribution in [0.4, 0.5) is 0 Å². The first-order valence-corrected chi connectivity index (χ1v) is 19.5. The third-order valence-corrected chi connectivity index (χ3v) is 12.6. The highest BCUT2D eigenvalue weighted by molar-refractivity contribution is 7.26. The second kappa shape index (κ2) is 11.7. The largest absolute Gasteiger partial charge is 0.309 e. The fraction of sp³-hybridized carbons (Fsp3) is 0. The van der Waals surface area contributed by atoms with Gasteiger partial charge in [-0.25, -0.2) is 0 Å². The highest BCUT2D eigenvalue weighted by Gasteiger charge is 2.20. The number of hydrogen-bond donors (Lipinski definition) is 0. The molecule has 55 heavy (non-hydrogen) atoms. The second-order valence-electron chi connectivity index (χ2n) is 14.4. The van der Waals surface area contributed by atoms with Crippen LogP contribution in [0.25, 0.3) is 108 Å². The van der Waals surface area contributed by atoms with E-state index >= 15 is 0 Å². The summed E-state index contributed by atoms with van der Waals surface area (Å²) in [6.07, 6.45) is 3.77. The molecule has 4 heteroatoms. The summed E-state index contributed by atoms with van der Waals surface area (Å²) in [4.78, 5) is 4.34. The Bertz CT molecular complexity index is 3480. The molecule has 3 nitrogen and oxygen atoms in total. The number of nitrogens with zero attached hydrogens (tertiary/aromatic N) is 3. The van der Waals surface area contributed by atoms with Crippen molar-refractivity contribution in [2.45, 2.75) is 0 Å². The molecule has 0 saturated carbocycles. The molecule has 0 aliphatic carbocycles. The lowest BCUT2D eigenvalue weighted by Gasteiger charge is -2.14. The van der Waals surface area contributed by atoms with Crippen LogP contribution in [0.1, 0.15) is 0 Å². The zero-order valence-electron chi connectivity index (χ0n) is 29.6. The van der Waals surface area contributed by atoms with Gasteiger partial charge in [-0.2, -0.15) is 0 Å². The van der Waals surface area contributed by atoms with E-state index in [1.165, 1.54) is 96.9 Å². The van der Waals surface area contributed by atoms with Crippen LogP contribution in [0, 0.1) is 0 Å². The molecule has 256 valence electrons. The fourth-order valence-electron chi connectivity index (χ4n) is 8.93. The van der Waals surface area contributed by atoms with E-state index in [1.807, 2.05) is 23.7 Å². The van der Waals surface area contributed by atoms with Crippen molar-refractivity contribution in [3.63, 3.8) is 0 Å². The Morgan fingerprint density at radius 2 is 1.05 bits per heavy atom. The van der Waals surface area contributed by atoms with Crippen molar-refractivity contribution in [3.8, 4) is 33.6 Å². The van der Waals surface area contributed by atoms with Gasteiger partial charge in [-0.1, -0.05) is 109 Å². The predicted molar refractivity (Wildman–Crippen MR) is 234 cm³/mol. The maximum Gasteiger partial charge on any atom is 0.0719 e. The standard InChI is InChI=1S/C51H31N3S/c1-2-11-36(12-3-1)53-46-16-8-6-14-39(46)40-20-18-34(30-48(40)53)33-19-23-47-45(29-33)42-21-22-43-41-15-7-9-17-49(41)55-51(43)50(42)54(47)37-28-35-10-4-5-13-38(35)44(31-37)32-24-26-52-27-25-32/h1-31H. The smallest absolute Gasteiger partial charge is 0.0719 e. The molecule has 0 amide bonds. The maximum atomic E-state index is 4.34. The Balaban J connectivity index is 1.15. The van der Waals surface area contributed by atoms with E-state index < -0.39 is 0 Å². The van der Waals surface area contributed by atoms with Crippen LogP contribution in [0.3, 0.4) is 0 Å².